The summed E-state index contributed by atoms with van der Waals surface area (Å²) in [6.07, 6.45) is 0. The zero-order chi connectivity index (χ0) is 8.36. The van der Waals surface area contributed by atoms with Crippen LogP contribution in [0, 0.1) is 0 Å². The zero-order valence-corrected chi connectivity index (χ0v) is 9.71. The molecular weight excluding hydrogens is 257 g/mol. The number of esters is 1. The molecule has 0 aliphatic carbocycles. The summed E-state index contributed by atoms with van der Waals surface area (Å²) >= 11 is 0. The Bertz CT molecular complexity index is 129. The lowest BCUT2D eigenvalue weighted by Gasteiger charge is -2.20. The Morgan fingerprint density at radius 1 is 1.45 bits per heavy atom. The molecule has 0 amide bonds. The second-order valence-electron chi connectivity index (χ2n) is 3.32. The summed E-state index contributed by atoms with van der Waals surface area (Å²) in [5.74, 6) is -0.354. The normalized spacial score (nSPS) is 13.2. The van der Waals surface area contributed by atoms with E-state index in [-0.39, 0.29) is 29.9 Å². The van der Waals surface area contributed by atoms with Crippen LogP contribution >= 0.6 is 24.0 Å². The quantitative estimate of drug-likeness (QED) is 0.578. The van der Waals surface area contributed by atoms with Crippen molar-refractivity contribution in [3.8, 4) is 0 Å². The summed E-state index contributed by atoms with van der Waals surface area (Å²) < 4.78 is 4.94. The van der Waals surface area contributed by atoms with E-state index in [1.54, 1.807) is 6.92 Å². The standard InChI is InChI=1S/C7H15NO2.HI/c1-5(8)6(9)10-7(2,3)4;/h5H,8H2,1-4H3;1H. The number of hydrogen-bond donors (Lipinski definition) is 1. The van der Waals surface area contributed by atoms with Gasteiger partial charge in [-0.05, 0) is 27.7 Å². The van der Waals surface area contributed by atoms with Gasteiger partial charge in [-0.25, -0.2) is 0 Å². The summed E-state index contributed by atoms with van der Waals surface area (Å²) in [6, 6.07) is -0.528. The SMILES string of the molecule is CC(N)C(=O)OC(C)(C)C.I. The van der Waals surface area contributed by atoms with E-state index >= 15 is 0 Å². The Labute approximate surface area is 84.7 Å². The molecule has 0 heterocycles. The summed E-state index contributed by atoms with van der Waals surface area (Å²) in [5.41, 5.74) is 4.84. The van der Waals surface area contributed by atoms with Gasteiger partial charge in [0, 0.05) is 0 Å². The van der Waals surface area contributed by atoms with Gasteiger partial charge >= 0.3 is 5.97 Å². The number of hydrogen-bond acceptors (Lipinski definition) is 3. The molecule has 11 heavy (non-hydrogen) atoms. The molecule has 0 saturated carbocycles. The number of ether oxygens (including phenoxy) is 1. The van der Waals surface area contributed by atoms with Crippen molar-refractivity contribution in [2.75, 3.05) is 0 Å². The predicted octanol–water partition coefficient (Wildman–Crippen LogP) is 1.29. The topological polar surface area (TPSA) is 52.3 Å². The molecule has 0 saturated heterocycles. The molecule has 0 bridgehead atoms. The van der Waals surface area contributed by atoms with E-state index in [9.17, 15) is 4.79 Å². The highest BCUT2D eigenvalue weighted by molar-refractivity contribution is 14.0. The number of rotatable bonds is 1. The van der Waals surface area contributed by atoms with Gasteiger partial charge in [-0.1, -0.05) is 0 Å². The van der Waals surface area contributed by atoms with Crippen LogP contribution in [-0.2, 0) is 9.53 Å². The molecule has 3 nitrogen and oxygen atoms in total. The molecule has 0 aromatic rings. The third kappa shape index (κ3) is 8.06. The Kier molecular flexibility index (Phi) is 6.14. The van der Waals surface area contributed by atoms with Crippen LogP contribution < -0.4 is 5.73 Å². The molecule has 68 valence electrons. The number of halogens is 1. The van der Waals surface area contributed by atoms with Crippen LogP contribution in [0.2, 0.25) is 0 Å². The van der Waals surface area contributed by atoms with Gasteiger partial charge in [0.15, 0.2) is 0 Å². The lowest BCUT2D eigenvalue weighted by Crippen LogP contribution is -2.35. The first-order valence-corrected chi connectivity index (χ1v) is 3.31. The van der Waals surface area contributed by atoms with Crippen molar-refractivity contribution < 1.29 is 9.53 Å². The Hall–Kier alpha value is 0.160. The first kappa shape index (κ1) is 13.7. The fourth-order valence-electron chi connectivity index (χ4n) is 0.395. The van der Waals surface area contributed by atoms with Crippen LogP contribution in [0.15, 0.2) is 0 Å². The van der Waals surface area contributed by atoms with Crippen molar-refractivity contribution in [2.24, 2.45) is 5.73 Å². The monoisotopic (exact) mass is 273 g/mol. The van der Waals surface area contributed by atoms with Crippen LogP contribution in [-0.4, -0.2) is 17.6 Å². The minimum absolute atomic E-state index is 0. The summed E-state index contributed by atoms with van der Waals surface area (Å²) in [7, 11) is 0. The number of carbonyl (C=O) groups is 1. The van der Waals surface area contributed by atoms with E-state index in [0.717, 1.165) is 0 Å². The molecule has 0 aliphatic rings. The fourth-order valence-corrected chi connectivity index (χ4v) is 0.395. The van der Waals surface area contributed by atoms with Crippen molar-refractivity contribution in [3.63, 3.8) is 0 Å². The average molecular weight is 273 g/mol. The largest absolute Gasteiger partial charge is 0.459 e. The van der Waals surface area contributed by atoms with E-state index in [4.69, 9.17) is 10.5 Å². The van der Waals surface area contributed by atoms with Crippen LogP contribution in [0.1, 0.15) is 27.7 Å². The predicted molar refractivity (Wildman–Crippen MR) is 54.9 cm³/mol. The zero-order valence-electron chi connectivity index (χ0n) is 7.38. The average Bonchev–Trinajstić information content (AvgIpc) is 1.60. The smallest absolute Gasteiger partial charge is 0.323 e. The summed E-state index contributed by atoms with van der Waals surface area (Å²) in [4.78, 5) is 10.8. The van der Waals surface area contributed by atoms with Crippen molar-refractivity contribution in [1.82, 2.24) is 0 Å². The van der Waals surface area contributed by atoms with Gasteiger partial charge in [0.25, 0.3) is 0 Å². The van der Waals surface area contributed by atoms with Gasteiger partial charge in [0.05, 0.1) is 0 Å². The van der Waals surface area contributed by atoms with E-state index in [0.29, 0.717) is 0 Å². The fraction of sp³-hybridized carbons (Fsp3) is 0.857. The highest BCUT2D eigenvalue weighted by Gasteiger charge is 2.18. The molecule has 0 aromatic carbocycles. The van der Waals surface area contributed by atoms with E-state index in [1.807, 2.05) is 20.8 Å². The number of carbonyl (C=O) groups excluding carboxylic acids is 1. The van der Waals surface area contributed by atoms with E-state index in [1.165, 1.54) is 0 Å². The summed E-state index contributed by atoms with van der Waals surface area (Å²) in [6.45, 7) is 7.04. The molecule has 0 aliphatic heterocycles. The third-order valence-corrected chi connectivity index (χ3v) is 0.779. The van der Waals surface area contributed by atoms with Crippen LogP contribution in [0.4, 0.5) is 0 Å². The third-order valence-electron chi connectivity index (χ3n) is 0.779. The molecule has 0 rings (SSSR count). The first-order valence-electron chi connectivity index (χ1n) is 3.31. The maximum atomic E-state index is 10.8. The highest BCUT2D eigenvalue weighted by Crippen LogP contribution is 2.07. The van der Waals surface area contributed by atoms with Gasteiger partial charge in [-0.2, -0.15) is 0 Å². The molecule has 0 aromatic heterocycles. The second-order valence-corrected chi connectivity index (χ2v) is 3.32. The molecule has 0 radical (unpaired) electrons. The van der Waals surface area contributed by atoms with Gasteiger partial charge in [-0.3, -0.25) is 4.79 Å². The maximum Gasteiger partial charge on any atom is 0.323 e. The lowest BCUT2D eigenvalue weighted by molar-refractivity contribution is -0.155. The van der Waals surface area contributed by atoms with Crippen molar-refractivity contribution in [3.05, 3.63) is 0 Å². The molecule has 4 heteroatoms. The molecule has 2 N–H and O–H groups in total. The Balaban J connectivity index is 0. The van der Waals surface area contributed by atoms with E-state index < -0.39 is 11.6 Å². The first-order chi connectivity index (χ1) is 4.33. The summed E-state index contributed by atoms with van der Waals surface area (Å²) in [5, 5.41) is 0. The van der Waals surface area contributed by atoms with Crippen molar-refractivity contribution >= 4 is 29.9 Å². The molecular formula is C7H16INO2. The Morgan fingerprint density at radius 2 is 1.82 bits per heavy atom. The van der Waals surface area contributed by atoms with Crippen LogP contribution in [0.5, 0.6) is 0 Å². The van der Waals surface area contributed by atoms with Gasteiger partial charge in [0.1, 0.15) is 11.6 Å². The molecule has 1 unspecified atom stereocenters. The highest BCUT2D eigenvalue weighted by atomic mass is 127. The molecule has 1 atom stereocenters. The van der Waals surface area contributed by atoms with Gasteiger partial charge < -0.3 is 10.5 Å². The van der Waals surface area contributed by atoms with Crippen LogP contribution in [0.3, 0.4) is 0 Å². The molecule has 0 fully saturated rings. The van der Waals surface area contributed by atoms with Crippen molar-refractivity contribution in [1.29, 1.82) is 0 Å². The maximum absolute atomic E-state index is 10.8. The Morgan fingerprint density at radius 3 is 1.91 bits per heavy atom. The van der Waals surface area contributed by atoms with E-state index in [2.05, 4.69) is 0 Å². The van der Waals surface area contributed by atoms with Crippen LogP contribution in [0.25, 0.3) is 0 Å². The minimum Gasteiger partial charge on any atom is -0.459 e. The number of nitrogens with two attached hydrogens (primary N) is 1. The second kappa shape index (κ2) is 4.92. The lowest BCUT2D eigenvalue weighted by atomic mass is 10.2. The minimum atomic E-state index is -0.528. The van der Waals surface area contributed by atoms with Gasteiger partial charge in [0.2, 0.25) is 0 Å². The van der Waals surface area contributed by atoms with Gasteiger partial charge in [-0.15, -0.1) is 24.0 Å². The molecule has 0 spiro atoms. The van der Waals surface area contributed by atoms with Crippen molar-refractivity contribution in [2.45, 2.75) is 39.3 Å².